The number of carbonyl (C=O) groups is 1. The second-order valence-electron chi connectivity index (χ2n) is 4.28. The molecule has 0 bridgehead atoms. The van der Waals surface area contributed by atoms with Crippen LogP contribution in [0.3, 0.4) is 0 Å². The van der Waals surface area contributed by atoms with Crippen LogP contribution in [0.4, 0.5) is 14.5 Å². The van der Waals surface area contributed by atoms with E-state index >= 15 is 0 Å². The smallest absolute Gasteiger partial charge is 0.358 e. The van der Waals surface area contributed by atoms with Crippen LogP contribution in [0.25, 0.3) is 11.3 Å². The molecule has 122 valence electrons. The fourth-order valence-corrected chi connectivity index (χ4v) is 2.98. The first-order valence-electron chi connectivity index (χ1n) is 6.08. The minimum Gasteiger partial charge on any atom is -0.464 e. The third kappa shape index (κ3) is 3.08. The molecule has 1 aromatic heterocycles. The van der Waals surface area contributed by atoms with Crippen molar-refractivity contribution in [3.63, 3.8) is 0 Å². The molecular formula is C14H10Cl2F2N2O2S. The van der Waals surface area contributed by atoms with Gasteiger partial charge in [-0.25, -0.2) is 18.6 Å². The van der Waals surface area contributed by atoms with Crippen molar-refractivity contribution in [2.75, 3.05) is 19.1 Å². The molecule has 0 unspecified atom stereocenters. The minimum atomic E-state index is -0.959. The molecule has 0 saturated carbocycles. The molecule has 0 aliphatic carbocycles. The first-order chi connectivity index (χ1) is 10.8. The molecule has 0 fully saturated rings. The number of aromatic nitrogens is 1. The van der Waals surface area contributed by atoms with Crippen molar-refractivity contribution >= 4 is 46.6 Å². The molecule has 0 radical (unpaired) electrons. The van der Waals surface area contributed by atoms with Crippen LogP contribution >= 0.6 is 35.0 Å². The summed E-state index contributed by atoms with van der Waals surface area (Å²) < 4.78 is 33.1. The summed E-state index contributed by atoms with van der Waals surface area (Å²) in [7, 11) is 1.12. The van der Waals surface area contributed by atoms with E-state index in [2.05, 4.69) is 9.72 Å². The van der Waals surface area contributed by atoms with Gasteiger partial charge in [0, 0.05) is 5.56 Å². The second-order valence-corrected chi connectivity index (χ2v) is 5.89. The van der Waals surface area contributed by atoms with Crippen molar-refractivity contribution in [1.82, 2.24) is 4.98 Å². The van der Waals surface area contributed by atoms with E-state index in [1.807, 2.05) is 0 Å². The molecule has 0 saturated heterocycles. The topological polar surface area (TPSA) is 65.2 Å². The van der Waals surface area contributed by atoms with Crippen molar-refractivity contribution < 1.29 is 18.3 Å². The predicted molar refractivity (Wildman–Crippen MR) is 87.1 cm³/mol. The zero-order valence-electron chi connectivity index (χ0n) is 11.9. The number of hydrogen-bond donors (Lipinski definition) is 1. The van der Waals surface area contributed by atoms with Gasteiger partial charge >= 0.3 is 5.97 Å². The number of methoxy groups -OCH3 is 1. The molecule has 1 aromatic carbocycles. The maximum absolute atomic E-state index is 14.5. The molecule has 9 heteroatoms. The largest absolute Gasteiger partial charge is 0.464 e. The fraction of sp³-hybridized carbons (Fsp3) is 0.143. The molecule has 1 heterocycles. The number of thioether (sulfide) groups is 1. The Morgan fingerprint density at radius 1 is 1.30 bits per heavy atom. The lowest BCUT2D eigenvalue weighted by Crippen LogP contribution is -2.10. The number of nitrogens with two attached hydrogens (primary N) is 1. The fourth-order valence-electron chi connectivity index (χ4n) is 1.89. The molecule has 0 spiro atoms. The van der Waals surface area contributed by atoms with Gasteiger partial charge in [0.05, 0.1) is 27.7 Å². The lowest BCUT2D eigenvalue weighted by Gasteiger charge is -2.13. The third-order valence-electron chi connectivity index (χ3n) is 3.00. The van der Waals surface area contributed by atoms with Gasteiger partial charge in [-0.05, 0) is 18.4 Å². The van der Waals surface area contributed by atoms with Crippen LogP contribution in [0.15, 0.2) is 17.0 Å². The zero-order valence-corrected chi connectivity index (χ0v) is 14.2. The Bertz CT molecular complexity index is 803. The summed E-state index contributed by atoms with van der Waals surface area (Å²) in [5.41, 5.74) is 4.55. The highest BCUT2D eigenvalue weighted by atomic mass is 35.5. The lowest BCUT2D eigenvalue weighted by atomic mass is 10.1. The number of anilines is 1. The van der Waals surface area contributed by atoms with Gasteiger partial charge in [-0.2, -0.15) is 0 Å². The Kier molecular flexibility index (Phi) is 5.33. The van der Waals surface area contributed by atoms with Crippen LogP contribution < -0.4 is 5.73 Å². The number of ether oxygens (including phenoxy) is 1. The Labute approximate surface area is 144 Å². The molecule has 0 aliphatic rings. The van der Waals surface area contributed by atoms with Gasteiger partial charge in [0.2, 0.25) is 0 Å². The van der Waals surface area contributed by atoms with Crippen LogP contribution in [-0.2, 0) is 4.74 Å². The Morgan fingerprint density at radius 2 is 1.96 bits per heavy atom. The number of carbonyl (C=O) groups excluding carboxylic acids is 1. The number of pyridine rings is 1. The van der Waals surface area contributed by atoms with E-state index in [-0.39, 0.29) is 31.9 Å². The van der Waals surface area contributed by atoms with E-state index in [4.69, 9.17) is 28.9 Å². The number of esters is 1. The van der Waals surface area contributed by atoms with Crippen molar-refractivity contribution in [2.45, 2.75) is 4.90 Å². The summed E-state index contributed by atoms with van der Waals surface area (Å²) in [5.74, 6) is -2.56. The summed E-state index contributed by atoms with van der Waals surface area (Å²) >= 11 is 12.6. The van der Waals surface area contributed by atoms with E-state index < -0.39 is 23.3 Å². The first-order valence-corrected chi connectivity index (χ1v) is 8.06. The highest BCUT2D eigenvalue weighted by molar-refractivity contribution is 7.98. The molecule has 23 heavy (non-hydrogen) atoms. The maximum Gasteiger partial charge on any atom is 0.358 e. The van der Waals surface area contributed by atoms with E-state index in [9.17, 15) is 13.6 Å². The van der Waals surface area contributed by atoms with Crippen molar-refractivity contribution in [1.29, 1.82) is 0 Å². The summed E-state index contributed by atoms with van der Waals surface area (Å²) in [6.45, 7) is 0. The Balaban J connectivity index is 2.82. The van der Waals surface area contributed by atoms with Gasteiger partial charge in [0.1, 0.15) is 5.69 Å². The Morgan fingerprint density at radius 3 is 2.52 bits per heavy atom. The summed E-state index contributed by atoms with van der Waals surface area (Å²) in [6.07, 6.45) is 1.59. The average molecular weight is 379 g/mol. The van der Waals surface area contributed by atoms with Crippen LogP contribution in [-0.4, -0.2) is 24.3 Å². The molecule has 0 atom stereocenters. The van der Waals surface area contributed by atoms with E-state index in [1.54, 1.807) is 6.26 Å². The van der Waals surface area contributed by atoms with E-state index in [1.165, 1.54) is 12.1 Å². The maximum atomic E-state index is 14.5. The number of nitrogens with zero attached hydrogens (tertiary/aromatic N) is 1. The van der Waals surface area contributed by atoms with Gasteiger partial charge in [-0.1, -0.05) is 23.2 Å². The highest BCUT2D eigenvalue weighted by Crippen LogP contribution is 2.39. The quantitative estimate of drug-likeness (QED) is 0.632. The summed E-state index contributed by atoms with van der Waals surface area (Å²) in [6, 6.07) is 2.65. The normalized spacial score (nSPS) is 10.7. The second kappa shape index (κ2) is 6.90. The molecule has 2 N–H and O–H groups in total. The zero-order chi connectivity index (χ0) is 17.3. The van der Waals surface area contributed by atoms with Gasteiger partial charge in [0.25, 0.3) is 0 Å². The molecule has 2 rings (SSSR count). The first kappa shape index (κ1) is 17.8. The average Bonchev–Trinajstić information content (AvgIpc) is 2.55. The molecule has 2 aromatic rings. The molecule has 0 aliphatic heterocycles. The van der Waals surface area contributed by atoms with Crippen LogP contribution in [0.2, 0.25) is 10.0 Å². The van der Waals surface area contributed by atoms with Crippen LogP contribution in [0, 0.1) is 11.6 Å². The number of nitrogen functional groups attached to an aromatic ring is 1. The van der Waals surface area contributed by atoms with Crippen molar-refractivity contribution in [3.8, 4) is 11.3 Å². The van der Waals surface area contributed by atoms with E-state index in [0.29, 0.717) is 0 Å². The third-order valence-corrected chi connectivity index (χ3v) is 4.48. The van der Waals surface area contributed by atoms with Gasteiger partial charge < -0.3 is 10.5 Å². The molecular weight excluding hydrogens is 369 g/mol. The SMILES string of the molecule is COC(=O)c1nc(-c2ccc(Cl)c(F)c2SC)c(F)c(N)c1Cl. The summed E-state index contributed by atoms with van der Waals surface area (Å²) in [5, 5.41) is -0.480. The number of hydrogen-bond acceptors (Lipinski definition) is 5. The van der Waals surface area contributed by atoms with Gasteiger partial charge in [0.15, 0.2) is 17.3 Å². The van der Waals surface area contributed by atoms with Crippen molar-refractivity contribution in [3.05, 3.63) is 39.5 Å². The van der Waals surface area contributed by atoms with Gasteiger partial charge in [-0.3, -0.25) is 0 Å². The monoisotopic (exact) mass is 378 g/mol. The Hall–Kier alpha value is -1.57. The highest BCUT2D eigenvalue weighted by Gasteiger charge is 2.25. The number of benzene rings is 1. The minimum absolute atomic E-state index is 0.0708. The van der Waals surface area contributed by atoms with E-state index in [0.717, 1.165) is 18.9 Å². The summed E-state index contributed by atoms with van der Waals surface area (Å²) in [4.78, 5) is 15.6. The number of halogens is 4. The predicted octanol–water partition coefficient (Wildman–Crippen LogP) is 4.42. The molecule has 0 amide bonds. The van der Waals surface area contributed by atoms with Crippen LogP contribution in [0.1, 0.15) is 10.5 Å². The van der Waals surface area contributed by atoms with Crippen molar-refractivity contribution in [2.24, 2.45) is 0 Å². The standard InChI is InChI=1S/C14H10Cl2F2N2O2S/c1-22-14(21)12-7(16)10(19)9(18)11(20-12)5-3-4-6(15)8(17)13(5)23-2/h3-4H,1-2H3,(H2,19,20). The van der Waals surface area contributed by atoms with Gasteiger partial charge in [-0.15, -0.1) is 11.8 Å². The number of rotatable bonds is 3. The molecule has 4 nitrogen and oxygen atoms in total. The van der Waals surface area contributed by atoms with Crippen LogP contribution in [0.5, 0.6) is 0 Å². The lowest BCUT2D eigenvalue weighted by molar-refractivity contribution is 0.0594.